The van der Waals surface area contributed by atoms with E-state index >= 15 is 0 Å². The van der Waals surface area contributed by atoms with Crippen LogP contribution in [-0.4, -0.2) is 189 Å². The largest absolute Gasteiger partial charge is 0.434 e. The maximum Gasteiger partial charge on any atom is 0.434 e. The SMILES string of the molecule is O=C(C1CCN(c2cc(Cl)ccc2CN2CCNCC2)CC1)N1CCCC1.O=C(OC(C(F)(F)F)C(F)(F)F)N1CCN(Cc2ccc(Cl)cc2N2CCC(C(=O)N3CCCC3)CC2)CC1.OC(C(F)(F)F)C(F)(F)F. The molecule has 8 rings (SSSR count). The molecule has 0 aromatic heterocycles. The molecule has 0 spiro atoms. The first kappa shape index (κ1) is 61.0. The average Bonchev–Trinajstić information content (AvgIpc) is 4.13. The number of anilines is 2. The van der Waals surface area contributed by atoms with Crippen molar-refractivity contribution in [2.75, 3.05) is 115 Å². The summed E-state index contributed by atoms with van der Waals surface area (Å²) in [6.45, 7) is 12.9. The lowest BCUT2D eigenvalue weighted by Crippen LogP contribution is -2.52. The Kier molecular flexibility index (Phi) is 21.4. The van der Waals surface area contributed by atoms with Gasteiger partial charge in [-0.2, -0.15) is 52.7 Å². The highest BCUT2D eigenvalue weighted by Crippen LogP contribution is 2.38. The van der Waals surface area contributed by atoms with Crippen LogP contribution in [0.1, 0.15) is 62.5 Å². The number of nitrogens with one attached hydrogen (secondary N) is 1. The van der Waals surface area contributed by atoms with Crippen molar-refractivity contribution in [2.45, 2.75) is 101 Å². The lowest BCUT2D eigenvalue weighted by Gasteiger charge is -2.38. The van der Waals surface area contributed by atoms with Crippen LogP contribution in [0.25, 0.3) is 0 Å². The van der Waals surface area contributed by atoms with Crippen LogP contribution >= 0.6 is 23.2 Å². The van der Waals surface area contributed by atoms with E-state index in [0.717, 1.165) is 132 Å². The molecule has 6 saturated heterocycles. The Balaban J connectivity index is 0.000000218. The molecule has 2 aromatic carbocycles. The van der Waals surface area contributed by atoms with Crippen LogP contribution in [0.2, 0.25) is 10.0 Å². The first-order valence-electron chi connectivity index (χ1n) is 25.4. The summed E-state index contributed by atoms with van der Waals surface area (Å²) in [7, 11) is 0. The molecular formula is C49H64Cl2F12N8O5. The number of amides is 3. The van der Waals surface area contributed by atoms with Crippen molar-refractivity contribution < 1.29 is 76.9 Å². The number of benzene rings is 2. The summed E-state index contributed by atoms with van der Waals surface area (Å²) in [5.41, 5.74) is 4.49. The molecule has 0 radical (unpaired) electrons. The first-order chi connectivity index (χ1) is 35.7. The first-order valence-corrected chi connectivity index (χ1v) is 26.1. The van der Waals surface area contributed by atoms with Gasteiger partial charge in [0.05, 0.1) is 0 Å². The number of carbonyl (C=O) groups excluding carboxylic acids is 3. The predicted octanol–water partition coefficient (Wildman–Crippen LogP) is 8.98. The summed E-state index contributed by atoms with van der Waals surface area (Å²) in [5.74, 6) is 0.824. The number of ether oxygens (including phenoxy) is 1. The van der Waals surface area contributed by atoms with Gasteiger partial charge in [0.15, 0.2) is 0 Å². The number of piperidine rings is 2. The highest BCUT2D eigenvalue weighted by Gasteiger charge is 2.60. The second-order valence-corrected chi connectivity index (χ2v) is 20.6. The normalized spacial score (nSPS) is 20.2. The Hall–Kier alpha value is -4.17. The topological polar surface area (TPSA) is 115 Å². The van der Waals surface area contributed by atoms with Crippen molar-refractivity contribution >= 4 is 52.5 Å². The molecule has 6 aliphatic rings. The minimum absolute atomic E-state index is 0.00380. The van der Waals surface area contributed by atoms with Gasteiger partial charge < -0.3 is 39.7 Å². The molecule has 6 aliphatic heterocycles. The number of carbonyl (C=O) groups is 3. The smallest absolute Gasteiger partial charge is 0.426 e. The lowest BCUT2D eigenvalue weighted by atomic mass is 9.94. The van der Waals surface area contributed by atoms with Gasteiger partial charge in [0, 0.05) is 151 Å². The van der Waals surface area contributed by atoms with Gasteiger partial charge in [-0.15, -0.1) is 0 Å². The monoisotopic (exact) mass is 1140 g/mol. The van der Waals surface area contributed by atoms with Gasteiger partial charge in [0.1, 0.15) is 0 Å². The van der Waals surface area contributed by atoms with Crippen molar-refractivity contribution in [1.29, 1.82) is 0 Å². The zero-order valence-electron chi connectivity index (χ0n) is 41.7. The quantitative estimate of drug-likeness (QED) is 0.236. The third-order valence-electron chi connectivity index (χ3n) is 14.4. The number of likely N-dealkylation sites (tertiary alicyclic amines) is 2. The van der Waals surface area contributed by atoms with Gasteiger partial charge in [0.25, 0.3) is 6.10 Å². The van der Waals surface area contributed by atoms with Crippen LogP contribution < -0.4 is 15.1 Å². The zero-order chi connectivity index (χ0) is 55.6. The minimum Gasteiger partial charge on any atom is -0.426 e. The second kappa shape index (κ2) is 26.7. The van der Waals surface area contributed by atoms with Crippen LogP contribution in [-0.2, 0) is 27.4 Å². The fourth-order valence-electron chi connectivity index (χ4n) is 10.2. The highest BCUT2D eigenvalue weighted by molar-refractivity contribution is 6.31. The Morgan fingerprint density at radius 2 is 0.895 bits per heavy atom. The summed E-state index contributed by atoms with van der Waals surface area (Å²) in [6, 6.07) is 11.8. The van der Waals surface area contributed by atoms with Gasteiger partial charge in [-0.1, -0.05) is 35.3 Å². The van der Waals surface area contributed by atoms with Gasteiger partial charge >= 0.3 is 30.8 Å². The summed E-state index contributed by atoms with van der Waals surface area (Å²) in [5, 5.41) is 12.2. The molecule has 3 amide bonds. The van der Waals surface area contributed by atoms with Gasteiger partial charge in [-0.25, -0.2) is 4.79 Å². The third-order valence-corrected chi connectivity index (χ3v) is 14.8. The fourth-order valence-corrected chi connectivity index (χ4v) is 10.5. The number of nitrogens with zero attached hydrogens (tertiary/aromatic N) is 7. The van der Waals surface area contributed by atoms with E-state index in [1.165, 1.54) is 24.1 Å². The van der Waals surface area contributed by atoms with Crippen LogP contribution in [0.15, 0.2) is 36.4 Å². The molecule has 6 heterocycles. The van der Waals surface area contributed by atoms with E-state index < -0.39 is 43.0 Å². The Bertz CT molecular complexity index is 2180. The van der Waals surface area contributed by atoms with Crippen molar-refractivity contribution in [1.82, 2.24) is 29.8 Å². The number of hydrogen-bond donors (Lipinski definition) is 2. The van der Waals surface area contributed by atoms with E-state index in [-0.39, 0.29) is 43.9 Å². The number of hydrogen-bond acceptors (Lipinski definition) is 10. The van der Waals surface area contributed by atoms with Gasteiger partial charge in [-0.05, 0) is 86.8 Å². The van der Waals surface area contributed by atoms with Crippen LogP contribution in [0.5, 0.6) is 0 Å². The molecule has 0 saturated carbocycles. The number of aliphatic hydroxyl groups is 1. The molecule has 13 nitrogen and oxygen atoms in total. The molecule has 2 aromatic rings. The summed E-state index contributed by atoms with van der Waals surface area (Å²) in [4.78, 5) is 51.5. The van der Waals surface area contributed by atoms with E-state index in [9.17, 15) is 67.1 Å². The molecule has 76 heavy (non-hydrogen) atoms. The van der Waals surface area contributed by atoms with Crippen molar-refractivity contribution in [2.24, 2.45) is 11.8 Å². The van der Waals surface area contributed by atoms with E-state index in [0.29, 0.717) is 30.6 Å². The molecule has 0 atom stereocenters. The number of aliphatic hydroxyl groups excluding tert-OH is 1. The molecule has 0 aliphatic carbocycles. The van der Waals surface area contributed by atoms with E-state index in [1.54, 1.807) is 6.07 Å². The van der Waals surface area contributed by atoms with Crippen LogP contribution in [0.4, 0.5) is 68.9 Å². The zero-order valence-corrected chi connectivity index (χ0v) is 43.2. The van der Waals surface area contributed by atoms with E-state index in [2.05, 4.69) is 41.8 Å². The molecule has 0 unspecified atom stereocenters. The summed E-state index contributed by atoms with van der Waals surface area (Å²) in [6.07, 6.45) is -25.0. The Morgan fingerprint density at radius 1 is 0.526 bits per heavy atom. The van der Waals surface area contributed by atoms with Crippen molar-refractivity contribution in [3.05, 3.63) is 57.6 Å². The number of halogens is 14. The van der Waals surface area contributed by atoms with Crippen LogP contribution in [0, 0.1) is 11.8 Å². The summed E-state index contributed by atoms with van der Waals surface area (Å²) >= 11 is 12.6. The molecule has 6 fully saturated rings. The molecule has 2 N–H and O–H groups in total. The van der Waals surface area contributed by atoms with E-state index in [4.69, 9.17) is 28.3 Å². The molecule has 0 bridgehead atoms. The van der Waals surface area contributed by atoms with Gasteiger partial charge in [0.2, 0.25) is 17.9 Å². The Labute approximate surface area is 443 Å². The molecular weight excluding hydrogens is 1080 g/mol. The maximum absolute atomic E-state index is 12.8. The molecule has 428 valence electrons. The average molecular weight is 1140 g/mol. The van der Waals surface area contributed by atoms with Crippen molar-refractivity contribution in [3.8, 4) is 0 Å². The standard InChI is InChI=1S/C25H31ClF6N4O3.C21H31ClN4O.C3H2F6O/c26-19-4-3-18(20(15-19)34-9-5-17(6-10-34)21(37)35-7-1-2-8-35)16-33-11-13-36(14-12-33)23(38)39-22(24(27,28)29)25(30,31)32;22-19-4-3-18(16-24-13-7-23-8-14-24)20(15-19)25-11-5-17(6-12-25)21(27)26-9-1-2-10-26;4-2(5,6)1(10)3(7,8)9/h3-4,15,17,22H,1-2,5-14,16H2;3-4,15,17,23H,1-2,5-14,16H2;1,10H. The number of piperazine rings is 2. The maximum atomic E-state index is 12.8. The Morgan fingerprint density at radius 3 is 1.24 bits per heavy atom. The van der Waals surface area contributed by atoms with E-state index in [1.807, 2.05) is 28.0 Å². The predicted molar refractivity (Wildman–Crippen MR) is 260 cm³/mol. The van der Waals surface area contributed by atoms with Crippen molar-refractivity contribution in [3.63, 3.8) is 0 Å². The number of rotatable bonds is 9. The fraction of sp³-hybridized carbons (Fsp3) is 0.694. The second-order valence-electron chi connectivity index (χ2n) is 19.8. The number of alkyl halides is 12. The lowest BCUT2D eigenvalue weighted by molar-refractivity contribution is -0.309. The summed E-state index contributed by atoms with van der Waals surface area (Å²) < 4.78 is 146. The third kappa shape index (κ3) is 17.4. The minimum atomic E-state index is -5.75. The highest BCUT2D eigenvalue weighted by atomic mass is 35.5. The molecule has 27 heteroatoms. The van der Waals surface area contributed by atoms with Crippen LogP contribution in [0.3, 0.4) is 0 Å². The van der Waals surface area contributed by atoms with Gasteiger partial charge in [-0.3, -0.25) is 19.4 Å².